The second kappa shape index (κ2) is 8.08. The fourth-order valence-corrected chi connectivity index (χ4v) is 2.01. The first-order valence-electron chi connectivity index (χ1n) is 6.37. The molecule has 0 amide bonds. The van der Waals surface area contributed by atoms with Crippen molar-refractivity contribution < 1.29 is 4.74 Å². The van der Waals surface area contributed by atoms with Crippen molar-refractivity contribution in [3.63, 3.8) is 0 Å². The number of nitrogens with one attached hydrogen (secondary N) is 1. The topological polar surface area (TPSA) is 24.5 Å². The minimum absolute atomic E-state index is 0.679. The predicted octanol–water partition coefficient (Wildman–Crippen LogP) is 1.49. The van der Waals surface area contributed by atoms with Crippen LogP contribution in [-0.2, 0) is 4.74 Å². The summed E-state index contributed by atoms with van der Waals surface area (Å²) in [4.78, 5) is 2.57. The van der Waals surface area contributed by atoms with Crippen LogP contribution < -0.4 is 5.32 Å². The molecule has 1 rings (SSSR count). The summed E-state index contributed by atoms with van der Waals surface area (Å²) in [6.45, 7) is 10.8. The van der Waals surface area contributed by atoms with Gasteiger partial charge in [-0.2, -0.15) is 0 Å². The lowest BCUT2D eigenvalue weighted by atomic mass is 10.3. The summed E-state index contributed by atoms with van der Waals surface area (Å²) in [5.74, 6) is 0. The Morgan fingerprint density at radius 3 is 2.67 bits per heavy atom. The van der Waals surface area contributed by atoms with Gasteiger partial charge in [-0.15, -0.1) is 0 Å². The number of hydrogen-bond acceptors (Lipinski definition) is 3. The van der Waals surface area contributed by atoms with Gasteiger partial charge in [0, 0.05) is 25.7 Å². The van der Waals surface area contributed by atoms with Crippen molar-refractivity contribution in [1.29, 1.82) is 0 Å². The van der Waals surface area contributed by atoms with Gasteiger partial charge in [0.15, 0.2) is 0 Å². The van der Waals surface area contributed by atoms with Crippen LogP contribution in [0.2, 0.25) is 0 Å². The number of ether oxygens (including phenoxy) is 1. The Bertz CT molecular complexity index is 147. The quantitative estimate of drug-likeness (QED) is 0.620. The molecule has 3 nitrogen and oxygen atoms in total. The van der Waals surface area contributed by atoms with Crippen molar-refractivity contribution >= 4 is 0 Å². The zero-order chi connectivity index (χ0) is 10.9. The SMILES string of the molecule is CCCOCCNCC(C)N1CCCC1. The van der Waals surface area contributed by atoms with Gasteiger partial charge in [-0.1, -0.05) is 6.92 Å². The monoisotopic (exact) mass is 214 g/mol. The van der Waals surface area contributed by atoms with Crippen molar-refractivity contribution in [2.45, 2.75) is 39.2 Å². The zero-order valence-electron chi connectivity index (χ0n) is 10.3. The molecular formula is C12H26N2O. The number of hydrogen-bond donors (Lipinski definition) is 1. The van der Waals surface area contributed by atoms with E-state index in [1.54, 1.807) is 0 Å². The second-order valence-electron chi connectivity index (χ2n) is 4.41. The Balaban J connectivity index is 1.90. The van der Waals surface area contributed by atoms with Crippen LogP contribution in [-0.4, -0.2) is 50.3 Å². The van der Waals surface area contributed by atoms with Gasteiger partial charge < -0.3 is 10.1 Å². The van der Waals surface area contributed by atoms with E-state index >= 15 is 0 Å². The summed E-state index contributed by atoms with van der Waals surface area (Å²) in [6.07, 6.45) is 3.87. The summed E-state index contributed by atoms with van der Waals surface area (Å²) >= 11 is 0. The van der Waals surface area contributed by atoms with Crippen LogP contribution in [0.15, 0.2) is 0 Å². The van der Waals surface area contributed by atoms with E-state index in [-0.39, 0.29) is 0 Å². The predicted molar refractivity (Wildman–Crippen MR) is 64.2 cm³/mol. The van der Waals surface area contributed by atoms with E-state index in [2.05, 4.69) is 24.1 Å². The van der Waals surface area contributed by atoms with Crippen LogP contribution in [0.1, 0.15) is 33.1 Å². The second-order valence-corrected chi connectivity index (χ2v) is 4.41. The van der Waals surface area contributed by atoms with E-state index < -0.39 is 0 Å². The molecule has 0 radical (unpaired) electrons. The van der Waals surface area contributed by atoms with Gasteiger partial charge in [0.2, 0.25) is 0 Å². The Labute approximate surface area is 94.2 Å². The molecule has 1 fully saturated rings. The van der Waals surface area contributed by atoms with Crippen LogP contribution in [0.3, 0.4) is 0 Å². The average molecular weight is 214 g/mol. The van der Waals surface area contributed by atoms with Crippen molar-refractivity contribution in [3.05, 3.63) is 0 Å². The molecular weight excluding hydrogens is 188 g/mol. The summed E-state index contributed by atoms with van der Waals surface area (Å²) < 4.78 is 5.41. The van der Waals surface area contributed by atoms with Crippen molar-refractivity contribution in [1.82, 2.24) is 10.2 Å². The molecule has 0 aromatic rings. The van der Waals surface area contributed by atoms with E-state index in [1.807, 2.05) is 0 Å². The van der Waals surface area contributed by atoms with E-state index in [0.29, 0.717) is 6.04 Å². The fourth-order valence-electron chi connectivity index (χ4n) is 2.01. The molecule has 0 spiro atoms. The van der Waals surface area contributed by atoms with E-state index in [4.69, 9.17) is 4.74 Å². The normalized spacial score (nSPS) is 19.6. The molecule has 1 aliphatic rings. The number of nitrogens with zero attached hydrogens (tertiary/aromatic N) is 1. The third-order valence-electron chi connectivity index (χ3n) is 2.98. The van der Waals surface area contributed by atoms with Gasteiger partial charge in [-0.05, 0) is 39.3 Å². The molecule has 0 aromatic carbocycles. The average Bonchev–Trinajstić information content (AvgIpc) is 2.76. The van der Waals surface area contributed by atoms with Gasteiger partial charge in [-0.25, -0.2) is 0 Å². The summed E-state index contributed by atoms with van der Waals surface area (Å²) in [5.41, 5.74) is 0. The maximum atomic E-state index is 5.41. The number of rotatable bonds is 8. The van der Waals surface area contributed by atoms with Gasteiger partial charge >= 0.3 is 0 Å². The third-order valence-corrected chi connectivity index (χ3v) is 2.98. The highest BCUT2D eigenvalue weighted by Crippen LogP contribution is 2.10. The third kappa shape index (κ3) is 5.50. The van der Waals surface area contributed by atoms with Crippen LogP contribution in [0.5, 0.6) is 0 Å². The van der Waals surface area contributed by atoms with Crippen LogP contribution in [0.25, 0.3) is 0 Å². The molecule has 1 atom stereocenters. The minimum atomic E-state index is 0.679. The van der Waals surface area contributed by atoms with Gasteiger partial charge in [0.1, 0.15) is 0 Å². The van der Waals surface area contributed by atoms with Crippen LogP contribution in [0.4, 0.5) is 0 Å². The first-order valence-corrected chi connectivity index (χ1v) is 6.37. The Kier molecular flexibility index (Phi) is 6.98. The smallest absolute Gasteiger partial charge is 0.0590 e. The molecule has 0 aliphatic carbocycles. The van der Waals surface area contributed by atoms with Gasteiger partial charge in [0.05, 0.1) is 6.61 Å². The molecule has 3 heteroatoms. The number of likely N-dealkylation sites (tertiary alicyclic amines) is 1. The zero-order valence-corrected chi connectivity index (χ0v) is 10.3. The summed E-state index contributed by atoms with van der Waals surface area (Å²) in [6, 6.07) is 0.679. The van der Waals surface area contributed by atoms with E-state index in [0.717, 1.165) is 32.7 Å². The molecule has 0 bridgehead atoms. The van der Waals surface area contributed by atoms with Crippen LogP contribution in [0, 0.1) is 0 Å². The van der Waals surface area contributed by atoms with Gasteiger partial charge in [0.25, 0.3) is 0 Å². The highest BCUT2D eigenvalue weighted by molar-refractivity contribution is 4.74. The molecule has 1 heterocycles. The maximum Gasteiger partial charge on any atom is 0.0590 e. The molecule has 1 unspecified atom stereocenters. The maximum absolute atomic E-state index is 5.41. The Morgan fingerprint density at radius 1 is 1.27 bits per heavy atom. The molecule has 1 N–H and O–H groups in total. The minimum Gasteiger partial charge on any atom is -0.380 e. The molecule has 1 aliphatic heterocycles. The van der Waals surface area contributed by atoms with Crippen molar-refractivity contribution in [3.8, 4) is 0 Å². The van der Waals surface area contributed by atoms with Gasteiger partial charge in [-0.3, -0.25) is 4.90 Å². The molecule has 0 saturated carbocycles. The summed E-state index contributed by atoms with van der Waals surface area (Å²) in [7, 11) is 0. The fraction of sp³-hybridized carbons (Fsp3) is 1.00. The molecule has 15 heavy (non-hydrogen) atoms. The first kappa shape index (κ1) is 12.9. The van der Waals surface area contributed by atoms with E-state index in [9.17, 15) is 0 Å². The lowest BCUT2D eigenvalue weighted by Crippen LogP contribution is -2.39. The summed E-state index contributed by atoms with van der Waals surface area (Å²) in [5, 5.41) is 3.45. The van der Waals surface area contributed by atoms with Crippen molar-refractivity contribution in [2.75, 3.05) is 39.4 Å². The lowest BCUT2D eigenvalue weighted by Gasteiger charge is -2.23. The van der Waals surface area contributed by atoms with E-state index in [1.165, 1.54) is 25.9 Å². The first-order chi connectivity index (χ1) is 7.34. The molecule has 90 valence electrons. The Morgan fingerprint density at radius 2 is 2.00 bits per heavy atom. The van der Waals surface area contributed by atoms with Crippen LogP contribution >= 0.6 is 0 Å². The highest BCUT2D eigenvalue weighted by Gasteiger charge is 2.16. The largest absolute Gasteiger partial charge is 0.380 e. The molecule has 0 aromatic heterocycles. The van der Waals surface area contributed by atoms with Crippen molar-refractivity contribution in [2.24, 2.45) is 0 Å². The Hall–Kier alpha value is -0.120. The standard InChI is InChI=1S/C12H26N2O/c1-3-9-15-10-6-13-11-12(2)14-7-4-5-8-14/h12-13H,3-11H2,1-2H3. The highest BCUT2D eigenvalue weighted by atomic mass is 16.5. The molecule has 1 saturated heterocycles. The lowest BCUT2D eigenvalue weighted by molar-refractivity contribution is 0.134.